The number of aliphatic hydroxyl groups excluding tert-OH is 1. The Bertz CT molecular complexity index is 596. The van der Waals surface area contributed by atoms with E-state index in [0.717, 1.165) is 0 Å². The Morgan fingerprint density at radius 3 is 2.61 bits per heavy atom. The average Bonchev–Trinajstić information content (AvgIpc) is 2.70. The molecular weight excluding hydrogens is 300 g/mol. The van der Waals surface area contributed by atoms with Crippen LogP contribution in [-0.2, 0) is 9.47 Å². The van der Waals surface area contributed by atoms with Crippen LogP contribution in [0.2, 0.25) is 0 Å². The molecule has 1 aliphatic heterocycles. The maximum atomic E-state index is 12.3. The minimum atomic E-state index is -1.06. The summed E-state index contributed by atoms with van der Waals surface area (Å²) in [5, 5.41) is 12.8. The molecule has 7 nitrogen and oxygen atoms in total. The van der Waals surface area contributed by atoms with Crippen LogP contribution in [0, 0.1) is 0 Å². The normalized spacial score (nSPS) is 18.6. The number of carbonyl (C=O) groups is 2. The SMILES string of the molecule is CO[C@H](CN1C(=O)c2ccccc2C1O)NC(=O)OC(C)(C)C. The molecule has 0 saturated carbocycles. The molecule has 1 heterocycles. The number of nitrogens with one attached hydrogen (secondary N) is 1. The molecule has 0 spiro atoms. The second-order valence-electron chi connectivity index (χ2n) is 6.29. The van der Waals surface area contributed by atoms with Gasteiger partial charge < -0.3 is 19.5 Å². The number of ether oxygens (including phenoxy) is 2. The van der Waals surface area contributed by atoms with Crippen molar-refractivity contribution in [3.05, 3.63) is 35.4 Å². The van der Waals surface area contributed by atoms with Crippen molar-refractivity contribution in [2.24, 2.45) is 0 Å². The highest BCUT2D eigenvalue weighted by atomic mass is 16.6. The number of nitrogens with zero attached hydrogens (tertiary/aromatic N) is 1. The fourth-order valence-electron chi connectivity index (χ4n) is 2.33. The molecule has 0 aromatic heterocycles. The van der Waals surface area contributed by atoms with Crippen LogP contribution in [0.1, 0.15) is 42.9 Å². The molecule has 2 amide bonds. The van der Waals surface area contributed by atoms with Gasteiger partial charge in [-0.05, 0) is 26.8 Å². The quantitative estimate of drug-likeness (QED) is 0.823. The summed E-state index contributed by atoms with van der Waals surface area (Å²) in [6, 6.07) is 6.84. The lowest BCUT2D eigenvalue weighted by Crippen LogP contribution is -2.47. The van der Waals surface area contributed by atoms with Gasteiger partial charge in [0, 0.05) is 18.2 Å². The Kier molecular flexibility index (Phi) is 4.91. The van der Waals surface area contributed by atoms with Crippen molar-refractivity contribution in [3.63, 3.8) is 0 Å². The summed E-state index contributed by atoms with van der Waals surface area (Å²) in [5.41, 5.74) is 0.360. The summed E-state index contributed by atoms with van der Waals surface area (Å²) in [4.78, 5) is 25.4. The van der Waals surface area contributed by atoms with E-state index in [0.29, 0.717) is 11.1 Å². The largest absolute Gasteiger partial charge is 0.444 e. The fraction of sp³-hybridized carbons (Fsp3) is 0.500. The van der Waals surface area contributed by atoms with Gasteiger partial charge in [0.2, 0.25) is 0 Å². The van der Waals surface area contributed by atoms with Gasteiger partial charge in [0.15, 0.2) is 6.23 Å². The van der Waals surface area contributed by atoms with E-state index in [9.17, 15) is 14.7 Å². The van der Waals surface area contributed by atoms with Crippen LogP contribution in [0.3, 0.4) is 0 Å². The molecule has 126 valence electrons. The smallest absolute Gasteiger partial charge is 0.409 e. The third-order valence-corrected chi connectivity index (χ3v) is 3.35. The molecular formula is C16H22N2O5. The van der Waals surface area contributed by atoms with Crippen molar-refractivity contribution in [2.45, 2.75) is 38.8 Å². The average molecular weight is 322 g/mol. The van der Waals surface area contributed by atoms with Gasteiger partial charge >= 0.3 is 6.09 Å². The first-order chi connectivity index (χ1) is 10.7. The van der Waals surface area contributed by atoms with Crippen molar-refractivity contribution < 1.29 is 24.2 Å². The summed E-state index contributed by atoms with van der Waals surface area (Å²) in [5.74, 6) is -0.305. The van der Waals surface area contributed by atoms with E-state index in [1.165, 1.54) is 12.0 Å². The highest BCUT2D eigenvalue weighted by Crippen LogP contribution is 2.31. The minimum Gasteiger partial charge on any atom is -0.444 e. The molecule has 1 unspecified atom stereocenters. The van der Waals surface area contributed by atoms with E-state index >= 15 is 0 Å². The van der Waals surface area contributed by atoms with Gasteiger partial charge in [-0.2, -0.15) is 0 Å². The van der Waals surface area contributed by atoms with Gasteiger partial charge in [0.1, 0.15) is 11.8 Å². The molecule has 2 N–H and O–H groups in total. The highest BCUT2D eigenvalue weighted by molar-refractivity contribution is 5.98. The maximum Gasteiger partial charge on any atom is 0.409 e. The molecule has 0 aliphatic carbocycles. The van der Waals surface area contributed by atoms with Crippen LogP contribution in [-0.4, -0.2) is 47.5 Å². The highest BCUT2D eigenvalue weighted by Gasteiger charge is 2.36. The van der Waals surface area contributed by atoms with Crippen LogP contribution in [0.5, 0.6) is 0 Å². The van der Waals surface area contributed by atoms with Crippen LogP contribution < -0.4 is 5.32 Å². The van der Waals surface area contributed by atoms with Crippen LogP contribution in [0.15, 0.2) is 24.3 Å². The Labute approximate surface area is 135 Å². The van der Waals surface area contributed by atoms with Gasteiger partial charge in [-0.25, -0.2) is 4.79 Å². The summed E-state index contributed by atoms with van der Waals surface area (Å²) < 4.78 is 10.3. The van der Waals surface area contributed by atoms with E-state index in [-0.39, 0.29) is 12.5 Å². The summed E-state index contributed by atoms with van der Waals surface area (Å²) in [7, 11) is 1.40. The Balaban J connectivity index is 2.03. The second kappa shape index (κ2) is 6.55. The van der Waals surface area contributed by atoms with Crippen molar-refractivity contribution in [1.82, 2.24) is 10.2 Å². The van der Waals surface area contributed by atoms with E-state index in [2.05, 4.69) is 5.32 Å². The van der Waals surface area contributed by atoms with E-state index in [1.54, 1.807) is 45.0 Å². The monoisotopic (exact) mass is 322 g/mol. The van der Waals surface area contributed by atoms with E-state index in [4.69, 9.17) is 9.47 Å². The van der Waals surface area contributed by atoms with Crippen LogP contribution >= 0.6 is 0 Å². The van der Waals surface area contributed by atoms with Crippen LogP contribution in [0.4, 0.5) is 4.79 Å². The van der Waals surface area contributed by atoms with Crippen LogP contribution in [0.25, 0.3) is 0 Å². The number of hydrogen-bond acceptors (Lipinski definition) is 5. The minimum absolute atomic E-state index is 0.00439. The lowest BCUT2D eigenvalue weighted by Gasteiger charge is -2.27. The van der Waals surface area contributed by atoms with Crippen molar-refractivity contribution in [3.8, 4) is 0 Å². The standard InChI is InChI=1S/C16H22N2O5/c1-16(2,3)23-15(21)17-12(22-4)9-18-13(19)10-7-5-6-8-11(10)14(18)20/h5-8,12-13,19H,9H2,1-4H3,(H,17,21)/t12-,13?/m1/s1. The summed E-state index contributed by atoms with van der Waals surface area (Å²) >= 11 is 0. The van der Waals surface area contributed by atoms with Crippen molar-refractivity contribution in [2.75, 3.05) is 13.7 Å². The zero-order chi connectivity index (χ0) is 17.2. The molecule has 0 bridgehead atoms. The molecule has 23 heavy (non-hydrogen) atoms. The molecule has 2 atom stereocenters. The maximum absolute atomic E-state index is 12.3. The topological polar surface area (TPSA) is 88.1 Å². The second-order valence-corrected chi connectivity index (χ2v) is 6.29. The number of benzene rings is 1. The predicted octanol–water partition coefficient (Wildman–Crippen LogP) is 1.63. The van der Waals surface area contributed by atoms with Crippen molar-refractivity contribution in [1.29, 1.82) is 0 Å². The number of methoxy groups -OCH3 is 1. The molecule has 7 heteroatoms. The zero-order valence-corrected chi connectivity index (χ0v) is 13.7. The number of hydrogen-bond donors (Lipinski definition) is 2. The van der Waals surface area contributed by atoms with Gasteiger partial charge in [-0.3, -0.25) is 10.1 Å². The number of amides is 2. The zero-order valence-electron chi connectivity index (χ0n) is 13.7. The summed E-state index contributed by atoms with van der Waals surface area (Å²) in [6.07, 6.45) is -2.50. The number of carbonyl (C=O) groups excluding carboxylic acids is 2. The van der Waals surface area contributed by atoms with E-state index in [1.807, 2.05) is 0 Å². The number of alkyl carbamates (subject to hydrolysis) is 1. The molecule has 1 aliphatic rings. The Morgan fingerprint density at radius 1 is 1.39 bits per heavy atom. The number of aliphatic hydroxyl groups is 1. The molecule has 0 fully saturated rings. The van der Waals surface area contributed by atoms with Crippen molar-refractivity contribution >= 4 is 12.0 Å². The lowest BCUT2D eigenvalue weighted by atomic mass is 10.1. The van der Waals surface area contributed by atoms with Gasteiger partial charge in [0.05, 0.1) is 6.54 Å². The molecule has 1 aromatic rings. The number of rotatable bonds is 4. The molecule has 0 radical (unpaired) electrons. The molecule has 0 saturated heterocycles. The molecule has 1 aromatic carbocycles. The first kappa shape index (κ1) is 17.2. The van der Waals surface area contributed by atoms with Gasteiger partial charge in [-0.1, -0.05) is 18.2 Å². The predicted molar refractivity (Wildman–Crippen MR) is 82.6 cm³/mol. The van der Waals surface area contributed by atoms with E-state index < -0.39 is 24.2 Å². The molecule has 2 rings (SSSR count). The van der Waals surface area contributed by atoms with Gasteiger partial charge in [-0.15, -0.1) is 0 Å². The third kappa shape index (κ3) is 4.00. The first-order valence-electron chi connectivity index (χ1n) is 7.33. The Morgan fingerprint density at radius 2 is 2.04 bits per heavy atom. The van der Waals surface area contributed by atoms with Gasteiger partial charge in [0.25, 0.3) is 5.91 Å². The fourth-order valence-corrected chi connectivity index (χ4v) is 2.33. The first-order valence-corrected chi connectivity index (χ1v) is 7.33. The summed E-state index contributed by atoms with van der Waals surface area (Å²) in [6.45, 7) is 5.25. The lowest BCUT2D eigenvalue weighted by molar-refractivity contribution is -0.0260. The third-order valence-electron chi connectivity index (χ3n) is 3.35. The Hall–Kier alpha value is -2.12. The number of fused-ring (bicyclic) bond motifs is 1.